The Kier molecular flexibility index (Phi) is 5.97. The van der Waals surface area contributed by atoms with E-state index < -0.39 is 0 Å². The van der Waals surface area contributed by atoms with E-state index in [9.17, 15) is 4.39 Å². The molecule has 5 heteroatoms. The summed E-state index contributed by atoms with van der Waals surface area (Å²) in [6.45, 7) is 4.46. The number of aliphatic imine (C=N–C) groups is 1. The molecule has 122 valence electrons. The molecule has 23 heavy (non-hydrogen) atoms. The van der Waals surface area contributed by atoms with Gasteiger partial charge in [0.05, 0.1) is 6.10 Å². The highest BCUT2D eigenvalue weighted by atomic mass is 19.1. The third-order valence-corrected chi connectivity index (χ3v) is 3.07. The van der Waals surface area contributed by atoms with Crippen LogP contribution in [0.25, 0.3) is 0 Å². The van der Waals surface area contributed by atoms with Gasteiger partial charge in [-0.15, -0.1) is 0 Å². The first kappa shape index (κ1) is 16.8. The average molecular weight is 315 g/mol. The lowest BCUT2D eigenvalue weighted by Crippen LogP contribution is -2.23. The number of guanidine groups is 1. The molecule has 0 saturated heterocycles. The lowest BCUT2D eigenvalue weighted by molar-refractivity contribution is 0.242. The first-order valence-electron chi connectivity index (χ1n) is 7.61. The van der Waals surface area contributed by atoms with Gasteiger partial charge in [-0.25, -0.2) is 4.39 Å². The second kappa shape index (κ2) is 8.17. The van der Waals surface area contributed by atoms with Crippen molar-refractivity contribution in [2.45, 2.75) is 26.4 Å². The van der Waals surface area contributed by atoms with E-state index in [4.69, 9.17) is 10.5 Å². The summed E-state index contributed by atoms with van der Waals surface area (Å²) >= 11 is 0. The molecular weight excluding hydrogens is 293 g/mol. The van der Waals surface area contributed by atoms with Crippen LogP contribution in [0.3, 0.4) is 0 Å². The molecule has 0 aliphatic carbocycles. The lowest BCUT2D eigenvalue weighted by atomic mass is 10.1. The van der Waals surface area contributed by atoms with Gasteiger partial charge in [-0.1, -0.05) is 12.1 Å². The predicted octanol–water partition coefficient (Wildman–Crippen LogP) is 3.58. The minimum Gasteiger partial charge on any atom is -0.491 e. The fraction of sp³-hybridized carbons (Fsp3) is 0.278. The number of hydrogen-bond donors (Lipinski definition) is 2. The average Bonchev–Trinajstić information content (AvgIpc) is 2.49. The van der Waals surface area contributed by atoms with Crippen LogP contribution in [0.15, 0.2) is 53.5 Å². The van der Waals surface area contributed by atoms with Gasteiger partial charge < -0.3 is 15.8 Å². The van der Waals surface area contributed by atoms with Crippen molar-refractivity contribution >= 4 is 11.6 Å². The summed E-state index contributed by atoms with van der Waals surface area (Å²) in [7, 11) is 0. The Bertz CT molecular complexity index is 654. The summed E-state index contributed by atoms with van der Waals surface area (Å²) in [5.41, 5.74) is 7.59. The highest BCUT2D eigenvalue weighted by molar-refractivity contribution is 5.92. The number of ether oxygens (including phenoxy) is 1. The van der Waals surface area contributed by atoms with Gasteiger partial charge in [0.1, 0.15) is 11.6 Å². The van der Waals surface area contributed by atoms with Crippen molar-refractivity contribution in [1.82, 2.24) is 0 Å². The summed E-state index contributed by atoms with van der Waals surface area (Å²) in [5, 5.41) is 3.02. The van der Waals surface area contributed by atoms with Gasteiger partial charge in [0.2, 0.25) is 0 Å². The molecule has 0 aromatic heterocycles. The maximum Gasteiger partial charge on any atom is 0.193 e. The molecule has 0 fully saturated rings. The maximum atomic E-state index is 13.1. The van der Waals surface area contributed by atoms with Crippen molar-refractivity contribution in [2.24, 2.45) is 10.7 Å². The first-order chi connectivity index (χ1) is 11.0. The molecule has 4 nitrogen and oxygen atoms in total. The standard InChI is InChI=1S/C18H22FN3O/c1-13(2)23-17-8-6-16(7-9-17)22-18(20)21-11-10-14-4-3-5-15(19)12-14/h3-9,12-13H,10-11H2,1-2H3,(H3,20,21,22). The molecule has 2 aromatic carbocycles. The third kappa shape index (κ3) is 5.98. The summed E-state index contributed by atoms with van der Waals surface area (Å²) in [5.74, 6) is 0.910. The molecule has 0 amide bonds. The lowest BCUT2D eigenvalue weighted by Gasteiger charge is -2.11. The van der Waals surface area contributed by atoms with E-state index in [1.54, 1.807) is 6.07 Å². The number of anilines is 1. The largest absolute Gasteiger partial charge is 0.491 e. The zero-order valence-electron chi connectivity index (χ0n) is 13.4. The molecule has 0 aliphatic heterocycles. The molecule has 0 saturated carbocycles. The fourth-order valence-corrected chi connectivity index (χ4v) is 2.07. The molecule has 0 spiro atoms. The maximum absolute atomic E-state index is 13.1. The molecule has 0 atom stereocenters. The summed E-state index contributed by atoms with van der Waals surface area (Å²) < 4.78 is 18.6. The highest BCUT2D eigenvalue weighted by Crippen LogP contribution is 2.16. The van der Waals surface area contributed by atoms with Crippen LogP contribution in [0.4, 0.5) is 10.1 Å². The molecule has 2 rings (SSSR count). The smallest absolute Gasteiger partial charge is 0.193 e. The number of benzene rings is 2. The number of halogens is 1. The van der Waals surface area contributed by atoms with Crippen LogP contribution in [-0.2, 0) is 6.42 Å². The van der Waals surface area contributed by atoms with Crippen LogP contribution < -0.4 is 15.8 Å². The van der Waals surface area contributed by atoms with Crippen molar-refractivity contribution in [2.75, 3.05) is 11.9 Å². The summed E-state index contributed by atoms with van der Waals surface area (Å²) in [4.78, 5) is 4.24. The Morgan fingerprint density at radius 1 is 1.22 bits per heavy atom. The highest BCUT2D eigenvalue weighted by Gasteiger charge is 2.00. The Hall–Kier alpha value is -2.56. The Balaban J connectivity index is 1.84. The Morgan fingerprint density at radius 3 is 2.61 bits per heavy atom. The minimum atomic E-state index is -0.235. The van der Waals surface area contributed by atoms with E-state index in [1.165, 1.54) is 12.1 Å². The van der Waals surface area contributed by atoms with E-state index >= 15 is 0 Å². The Morgan fingerprint density at radius 2 is 1.96 bits per heavy atom. The van der Waals surface area contributed by atoms with Crippen LogP contribution in [-0.4, -0.2) is 18.6 Å². The molecule has 0 bridgehead atoms. The van der Waals surface area contributed by atoms with Gasteiger partial charge in [0, 0.05) is 12.2 Å². The van der Waals surface area contributed by atoms with Crippen molar-refractivity contribution in [3.63, 3.8) is 0 Å². The second-order valence-electron chi connectivity index (χ2n) is 5.46. The van der Waals surface area contributed by atoms with Gasteiger partial charge >= 0.3 is 0 Å². The quantitative estimate of drug-likeness (QED) is 0.633. The van der Waals surface area contributed by atoms with E-state index in [-0.39, 0.29) is 11.9 Å². The normalized spacial score (nSPS) is 11.6. The molecular formula is C18H22FN3O. The molecule has 0 radical (unpaired) electrons. The Labute approximate surface area is 136 Å². The summed E-state index contributed by atoms with van der Waals surface area (Å²) in [6.07, 6.45) is 0.782. The van der Waals surface area contributed by atoms with Gasteiger partial charge in [0.25, 0.3) is 0 Å². The van der Waals surface area contributed by atoms with Gasteiger partial charge in [-0.2, -0.15) is 0 Å². The third-order valence-electron chi connectivity index (χ3n) is 3.07. The molecule has 3 N–H and O–H groups in total. The van der Waals surface area contributed by atoms with Gasteiger partial charge in [0.15, 0.2) is 5.96 Å². The zero-order chi connectivity index (χ0) is 16.7. The second-order valence-corrected chi connectivity index (χ2v) is 5.46. The number of hydrogen-bond acceptors (Lipinski definition) is 2. The van der Waals surface area contributed by atoms with E-state index in [2.05, 4.69) is 10.3 Å². The topological polar surface area (TPSA) is 59.6 Å². The summed E-state index contributed by atoms with van der Waals surface area (Å²) in [6, 6.07) is 14.0. The van der Waals surface area contributed by atoms with Crippen LogP contribution in [0.2, 0.25) is 0 Å². The molecule has 0 heterocycles. The van der Waals surface area contributed by atoms with Crippen molar-refractivity contribution in [1.29, 1.82) is 0 Å². The number of rotatable bonds is 6. The SMILES string of the molecule is CC(C)Oc1ccc(NC(N)=NCCc2cccc(F)c2)cc1. The first-order valence-corrected chi connectivity index (χ1v) is 7.61. The number of nitrogens with two attached hydrogens (primary N) is 1. The van der Waals surface area contributed by atoms with Crippen molar-refractivity contribution < 1.29 is 9.13 Å². The van der Waals surface area contributed by atoms with Crippen molar-refractivity contribution in [3.8, 4) is 5.75 Å². The van der Waals surface area contributed by atoms with E-state index in [0.29, 0.717) is 18.9 Å². The predicted molar refractivity (Wildman–Crippen MR) is 92.4 cm³/mol. The van der Waals surface area contributed by atoms with Gasteiger partial charge in [-0.3, -0.25) is 4.99 Å². The van der Waals surface area contributed by atoms with Crippen LogP contribution in [0.5, 0.6) is 5.75 Å². The molecule has 2 aromatic rings. The van der Waals surface area contributed by atoms with Crippen LogP contribution >= 0.6 is 0 Å². The zero-order valence-corrected chi connectivity index (χ0v) is 13.4. The van der Waals surface area contributed by atoms with E-state index in [1.807, 2.05) is 44.2 Å². The minimum absolute atomic E-state index is 0.142. The molecule has 0 aliphatic rings. The van der Waals surface area contributed by atoms with Crippen LogP contribution in [0.1, 0.15) is 19.4 Å². The van der Waals surface area contributed by atoms with Crippen LogP contribution in [0, 0.1) is 5.82 Å². The fourth-order valence-electron chi connectivity index (χ4n) is 2.07. The van der Waals surface area contributed by atoms with Crippen molar-refractivity contribution in [3.05, 3.63) is 59.9 Å². The number of nitrogens with zero attached hydrogens (tertiary/aromatic N) is 1. The monoisotopic (exact) mass is 315 g/mol. The van der Waals surface area contributed by atoms with Gasteiger partial charge in [-0.05, 0) is 62.2 Å². The molecule has 0 unspecified atom stereocenters. The number of nitrogens with one attached hydrogen (secondary N) is 1. The van der Waals surface area contributed by atoms with E-state index in [0.717, 1.165) is 17.0 Å².